The Hall–Kier alpha value is -7.48. The molecule has 0 saturated heterocycles. The minimum absolute atomic E-state index is 0.429. The van der Waals surface area contributed by atoms with Crippen molar-refractivity contribution < 1.29 is 0 Å². The van der Waals surface area contributed by atoms with Gasteiger partial charge in [-0.3, -0.25) is 0 Å². The van der Waals surface area contributed by atoms with Gasteiger partial charge in [0.1, 0.15) is 0 Å². The summed E-state index contributed by atoms with van der Waals surface area (Å²) in [4.78, 5) is 2.49. The van der Waals surface area contributed by atoms with Crippen molar-refractivity contribution in [2.45, 2.75) is 5.41 Å². The first-order valence-corrected chi connectivity index (χ1v) is 20.2. The van der Waals surface area contributed by atoms with Crippen LogP contribution < -0.4 is 4.90 Å². The van der Waals surface area contributed by atoms with E-state index < -0.39 is 5.41 Å². The molecule has 1 heteroatoms. The second-order valence-electron chi connectivity index (χ2n) is 15.6. The van der Waals surface area contributed by atoms with Gasteiger partial charge in [-0.2, -0.15) is 0 Å². The largest absolute Gasteiger partial charge is 0.310 e. The van der Waals surface area contributed by atoms with E-state index in [1.165, 1.54) is 88.3 Å². The molecule has 0 heterocycles. The lowest BCUT2D eigenvalue weighted by atomic mass is 9.70. The minimum Gasteiger partial charge on any atom is -0.310 e. The molecule has 0 saturated carbocycles. The van der Waals surface area contributed by atoms with Gasteiger partial charge in [-0.1, -0.05) is 194 Å². The molecule has 0 aliphatic heterocycles. The van der Waals surface area contributed by atoms with Gasteiger partial charge in [0.25, 0.3) is 0 Å². The number of rotatable bonds is 5. The maximum absolute atomic E-state index is 2.49. The molecule has 0 atom stereocenters. The average Bonchev–Trinajstić information content (AvgIpc) is 3.77. The van der Waals surface area contributed by atoms with Crippen LogP contribution in [0.15, 0.2) is 224 Å². The zero-order valence-corrected chi connectivity index (χ0v) is 31.8. The van der Waals surface area contributed by atoms with E-state index in [0.29, 0.717) is 0 Å². The Morgan fingerprint density at radius 2 is 0.707 bits per heavy atom. The first kappa shape index (κ1) is 32.7. The Kier molecular flexibility index (Phi) is 7.21. The summed E-state index contributed by atoms with van der Waals surface area (Å²) in [5.74, 6) is 0. The van der Waals surface area contributed by atoms with Gasteiger partial charge in [0.05, 0.1) is 11.1 Å². The van der Waals surface area contributed by atoms with Gasteiger partial charge < -0.3 is 4.90 Å². The number of hydrogen-bond acceptors (Lipinski definition) is 1. The molecule has 10 aromatic carbocycles. The highest BCUT2D eigenvalue weighted by Gasteiger charge is 2.51. The summed E-state index contributed by atoms with van der Waals surface area (Å²) in [5, 5.41) is 4.95. The molecule has 0 aromatic heterocycles. The Bertz CT molecular complexity index is 3150. The fourth-order valence-corrected chi connectivity index (χ4v) is 10.2. The number of fused-ring (bicyclic) bond motifs is 13. The predicted octanol–water partition coefficient (Wildman–Crippen LogP) is 15.1. The van der Waals surface area contributed by atoms with E-state index in [1.807, 2.05) is 0 Å². The van der Waals surface area contributed by atoms with Crippen LogP contribution in [0.4, 0.5) is 17.1 Å². The fourth-order valence-electron chi connectivity index (χ4n) is 10.2. The summed E-state index contributed by atoms with van der Waals surface area (Å²) >= 11 is 0. The number of anilines is 3. The Morgan fingerprint density at radius 3 is 1.31 bits per heavy atom. The fraction of sp³-hybridized carbons (Fsp3) is 0.0175. The van der Waals surface area contributed by atoms with Crippen molar-refractivity contribution in [1.82, 2.24) is 0 Å². The van der Waals surface area contributed by atoms with Crippen molar-refractivity contribution in [2.24, 2.45) is 0 Å². The Balaban J connectivity index is 1.08. The molecule has 0 fully saturated rings. The van der Waals surface area contributed by atoms with E-state index in [2.05, 4.69) is 229 Å². The third kappa shape index (κ3) is 4.71. The van der Waals surface area contributed by atoms with Gasteiger partial charge in [-0.15, -0.1) is 0 Å². The van der Waals surface area contributed by atoms with Crippen molar-refractivity contribution in [2.75, 3.05) is 4.90 Å². The van der Waals surface area contributed by atoms with E-state index in [0.717, 1.165) is 17.1 Å². The van der Waals surface area contributed by atoms with Crippen LogP contribution in [0.1, 0.15) is 22.3 Å². The lowest BCUT2D eigenvalue weighted by molar-refractivity contribution is 0.793. The molecule has 1 spiro atoms. The molecular weight excluding hydrogens is 699 g/mol. The van der Waals surface area contributed by atoms with E-state index >= 15 is 0 Å². The first-order chi connectivity index (χ1) is 28.8. The summed E-state index contributed by atoms with van der Waals surface area (Å²) in [6.07, 6.45) is 0. The van der Waals surface area contributed by atoms with Crippen LogP contribution in [0, 0.1) is 0 Å². The van der Waals surface area contributed by atoms with Crippen LogP contribution in [0.5, 0.6) is 0 Å². The van der Waals surface area contributed by atoms with E-state index in [9.17, 15) is 0 Å². The molecule has 58 heavy (non-hydrogen) atoms. The lowest BCUT2D eigenvalue weighted by Crippen LogP contribution is -2.26. The van der Waals surface area contributed by atoms with E-state index in [1.54, 1.807) is 0 Å². The topological polar surface area (TPSA) is 3.24 Å². The summed E-state index contributed by atoms with van der Waals surface area (Å²) < 4.78 is 0. The van der Waals surface area contributed by atoms with Gasteiger partial charge in [0, 0.05) is 16.8 Å². The van der Waals surface area contributed by atoms with Crippen molar-refractivity contribution in [1.29, 1.82) is 0 Å². The molecule has 0 unspecified atom stereocenters. The molecule has 2 aliphatic rings. The molecule has 0 amide bonds. The minimum atomic E-state index is -0.429. The number of hydrogen-bond donors (Lipinski definition) is 0. The lowest BCUT2D eigenvalue weighted by Gasteiger charge is -2.32. The first-order valence-electron chi connectivity index (χ1n) is 20.2. The molecule has 1 nitrogen and oxygen atoms in total. The third-order valence-corrected chi connectivity index (χ3v) is 12.7. The maximum atomic E-state index is 2.49. The van der Waals surface area contributed by atoms with Crippen molar-refractivity contribution in [3.63, 3.8) is 0 Å². The second kappa shape index (κ2) is 12.8. The quantitative estimate of drug-likeness (QED) is 0.159. The summed E-state index contributed by atoms with van der Waals surface area (Å²) in [6, 6.07) is 83.0. The Morgan fingerprint density at radius 1 is 0.276 bits per heavy atom. The predicted molar refractivity (Wildman–Crippen MR) is 243 cm³/mol. The molecule has 12 rings (SSSR count). The summed E-state index contributed by atoms with van der Waals surface area (Å²) in [5.41, 5.74) is 18.4. The normalized spacial score (nSPS) is 13.0. The van der Waals surface area contributed by atoms with Crippen molar-refractivity contribution in [3.05, 3.63) is 247 Å². The number of nitrogens with zero attached hydrogens (tertiary/aromatic N) is 1. The van der Waals surface area contributed by atoms with Crippen LogP contribution in [0.2, 0.25) is 0 Å². The zero-order valence-electron chi connectivity index (χ0n) is 31.8. The molecule has 270 valence electrons. The second-order valence-corrected chi connectivity index (χ2v) is 15.6. The standard InChI is InChI=1S/C57H37N/c1-2-14-38(15-3-1)39-26-28-40(29-27-39)41-30-32-43(33-31-41)58(56-36-42-16-4-5-17-45(42)46-18-6-7-22-51(46)56)44-34-35-50-49-21-10-13-25-54(49)57(55(50)37-44)52-23-11-8-19-47(52)48-20-9-12-24-53(48)57/h1-37H. The van der Waals surface area contributed by atoms with Crippen LogP contribution in [-0.2, 0) is 5.41 Å². The summed E-state index contributed by atoms with van der Waals surface area (Å²) in [6.45, 7) is 0. The van der Waals surface area contributed by atoms with Crippen LogP contribution in [0.3, 0.4) is 0 Å². The highest BCUT2D eigenvalue weighted by atomic mass is 15.1. The highest BCUT2D eigenvalue weighted by Crippen LogP contribution is 2.63. The van der Waals surface area contributed by atoms with Crippen LogP contribution in [0.25, 0.3) is 66.1 Å². The molecule has 2 aliphatic carbocycles. The average molecular weight is 736 g/mol. The van der Waals surface area contributed by atoms with Gasteiger partial charge in [-0.25, -0.2) is 0 Å². The van der Waals surface area contributed by atoms with Gasteiger partial charge in [0.2, 0.25) is 0 Å². The molecule has 0 bridgehead atoms. The summed E-state index contributed by atoms with van der Waals surface area (Å²) in [7, 11) is 0. The van der Waals surface area contributed by atoms with Gasteiger partial charge >= 0.3 is 0 Å². The molecule has 10 aromatic rings. The number of benzene rings is 10. The Labute approximate surface area is 338 Å². The maximum Gasteiger partial charge on any atom is 0.0726 e. The van der Waals surface area contributed by atoms with Gasteiger partial charge in [0.15, 0.2) is 0 Å². The molecule has 0 radical (unpaired) electrons. The van der Waals surface area contributed by atoms with E-state index in [-0.39, 0.29) is 0 Å². The van der Waals surface area contributed by atoms with Crippen LogP contribution >= 0.6 is 0 Å². The third-order valence-electron chi connectivity index (χ3n) is 12.7. The van der Waals surface area contributed by atoms with Gasteiger partial charge in [-0.05, 0) is 113 Å². The smallest absolute Gasteiger partial charge is 0.0726 e. The molecule has 0 N–H and O–H groups in total. The highest BCUT2D eigenvalue weighted by molar-refractivity contribution is 6.14. The van der Waals surface area contributed by atoms with Crippen LogP contribution in [-0.4, -0.2) is 0 Å². The van der Waals surface area contributed by atoms with Crippen molar-refractivity contribution >= 4 is 38.6 Å². The zero-order chi connectivity index (χ0) is 38.2. The molecular formula is C57H37N. The van der Waals surface area contributed by atoms with E-state index in [4.69, 9.17) is 0 Å². The SMILES string of the molecule is c1ccc(-c2ccc(-c3ccc(N(c4ccc5c(c4)C4(c6ccccc6-c6ccccc64)c4ccccc4-5)c4cc5ccccc5c5ccccc45)cc3)cc2)cc1. The van der Waals surface area contributed by atoms with Crippen molar-refractivity contribution in [3.8, 4) is 44.5 Å². The monoisotopic (exact) mass is 735 g/mol.